The number of pyridine rings is 1. The van der Waals surface area contributed by atoms with Crippen LogP contribution in [-0.2, 0) is 17.4 Å². The second kappa shape index (κ2) is 10.3. The smallest absolute Gasteiger partial charge is 0.153 e. The van der Waals surface area contributed by atoms with Crippen molar-refractivity contribution in [3.8, 4) is 11.3 Å². The van der Waals surface area contributed by atoms with Crippen LogP contribution in [0.5, 0.6) is 0 Å². The zero-order chi connectivity index (χ0) is 28.1. The first kappa shape index (κ1) is 26.3. The number of halogens is 1. The van der Waals surface area contributed by atoms with E-state index in [1.807, 2.05) is 44.4 Å². The van der Waals surface area contributed by atoms with Crippen LogP contribution in [0.1, 0.15) is 48.5 Å². The zero-order valence-corrected chi connectivity index (χ0v) is 23.5. The summed E-state index contributed by atoms with van der Waals surface area (Å²) in [6, 6.07) is 16.0. The first-order valence-corrected chi connectivity index (χ1v) is 14.5. The van der Waals surface area contributed by atoms with Crippen molar-refractivity contribution in [2.75, 3.05) is 26.3 Å². The van der Waals surface area contributed by atoms with Gasteiger partial charge in [0, 0.05) is 43.0 Å². The number of hydrogen-bond donors (Lipinski definition) is 2. The van der Waals surface area contributed by atoms with E-state index in [4.69, 9.17) is 9.72 Å². The van der Waals surface area contributed by atoms with E-state index in [0.29, 0.717) is 50.2 Å². The minimum atomic E-state index is -1.22. The number of ether oxygens (including phenoxy) is 1. The Labute approximate surface area is 238 Å². The normalized spacial score (nSPS) is 18.7. The van der Waals surface area contributed by atoms with E-state index in [1.54, 1.807) is 10.7 Å². The summed E-state index contributed by atoms with van der Waals surface area (Å²) < 4.78 is 26.7. The molecule has 1 atom stereocenters. The molecule has 2 aliphatic heterocycles. The topological polar surface area (TPSA) is 90.0 Å². The second-order valence-electron chi connectivity index (χ2n) is 11.5. The van der Waals surface area contributed by atoms with E-state index < -0.39 is 5.60 Å². The number of hydrogen-bond acceptors (Lipinski definition) is 6. The van der Waals surface area contributed by atoms with Crippen molar-refractivity contribution in [1.82, 2.24) is 29.9 Å². The molecule has 0 radical (unpaired) electrons. The predicted molar refractivity (Wildman–Crippen MR) is 156 cm³/mol. The lowest BCUT2D eigenvalue weighted by Crippen LogP contribution is -2.40. The van der Waals surface area contributed by atoms with E-state index in [1.165, 1.54) is 0 Å². The third kappa shape index (κ3) is 4.34. The van der Waals surface area contributed by atoms with E-state index >= 15 is 4.39 Å². The van der Waals surface area contributed by atoms with Crippen LogP contribution in [0.3, 0.4) is 0 Å². The number of nitrogens with zero attached hydrogens (tertiary/aromatic N) is 5. The molecule has 7 rings (SSSR count). The fraction of sp³-hybridized carbons (Fsp3) is 0.406. The fourth-order valence-corrected chi connectivity index (χ4v) is 7.01. The lowest BCUT2D eigenvalue weighted by Gasteiger charge is -2.35. The lowest BCUT2D eigenvalue weighted by atomic mass is 9.84. The third-order valence-electron chi connectivity index (χ3n) is 9.07. The van der Waals surface area contributed by atoms with Crippen molar-refractivity contribution in [3.05, 3.63) is 77.4 Å². The molecule has 0 bridgehead atoms. The Morgan fingerprint density at radius 3 is 2.56 bits per heavy atom. The fourth-order valence-electron chi connectivity index (χ4n) is 7.01. The molecule has 0 unspecified atom stereocenters. The average molecular weight is 555 g/mol. The van der Waals surface area contributed by atoms with Crippen molar-refractivity contribution in [1.29, 1.82) is 0 Å². The minimum Gasteiger partial charge on any atom is -0.385 e. The first-order valence-electron chi connectivity index (χ1n) is 14.5. The molecular weight excluding hydrogens is 519 g/mol. The number of rotatable bonds is 5. The molecule has 0 amide bonds. The minimum absolute atomic E-state index is 0.143. The largest absolute Gasteiger partial charge is 0.385 e. The third-order valence-corrected chi connectivity index (χ3v) is 9.07. The van der Waals surface area contributed by atoms with Crippen molar-refractivity contribution < 1.29 is 14.2 Å². The Balaban J connectivity index is 1.56. The molecule has 41 heavy (non-hydrogen) atoms. The molecule has 0 spiro atoms. The molecule has 0 saturated carbocycles. The van der Waals surface area contributed by atoms with Gasteiger partial charge in [-0.25, -0.2) is 9.07 Å². The summed E-state index contributed by atoms with van der Waals surface area (Å²) in [5.41, 5.74) is 4.91. The standard InChI is InChI=1S/C32H35FN6O2/c1-20-29(38(2)37-36-20)23-18-26-28(35-19-23)24-8-9-25(32(40)12-14-34-15-13-32)27(33)31(24)39(26)30(21-6-4-3-5-7-21)22-10-16-41-17-11-22/h3-9,18-19,22,30,34,40H,10-17H2,1-2H3/t30-/m1/s1. The Hall–Kier alpha value is -3.66. The number of aromatic nitrogens is 5. The van der Waals surface area contributed by atoms with Gasteiger partial charge in [-0.1, -0.05) is 47.7 Å². The van der Waals surface area contributed by atoms with Crippen LogP contribution in [-0.4, -0.2) is 56.0 Å². The zero-order valence-electron chi connectivity index (χ0n) is 23.5. The van der Waals surface area contributed by atoms with Gasteiger partial charge in [0.25, 0.3) is 0 Å². The van der Waals surface area contributed by atoms with Gasteiger partial charge in [0.05, 0.1) is 39.6 Å². The molecule has 5 aromatic rings. The van der Waals surface area contributed by atoms with Gasteiger partial charge in [0.2, 0.25) is 0 Å². The second-order valence-corrected chi connectivity index (χ2v) is 11.5. The maximum atomic E-state index is 17.1. The Kier molecular flexibility index (Phi) is 6.60. The van der Waals surface area contributed by atoms with Crippen molar-refractivity contribution >= 4 is 21.9 Å². The highest BCUT2D eigenvalue weighted by molar-refractivity contribution is 6.07. The van der Waals surface area contributed by atoms with Crippen LogP contribution < -0.4 is 5.32 Å². The van der Waals surface area contributed by atoms with Gasteiger partial charge in [-0.15, -0.1) is 5.10 Å². The maximum absolute atomic E-state index is 17.1. The molecule has 2 aromatic carbocycles. The number of nitrogens with one attached hydrogen (secondary N) is 1. The van der Waals surface area contributed by atoms with Crippen LogP contribution in [0.4, 0.5) is 4.39 Å². The van der Waals surface area contributed by atoms with Crippen LogP contribution in [0.2, 0.25) is 0 Å². The predicted octanol–water partition coefficient (Wildman–Crippen LogP) is 5.02. The van der Waals surface area contributed by atoms with Gasteiger partial charge < -0.3 is 19.7 Å². The summed E-state index contributed by atoms with van der Waals surface area (Å²) in [5, 5.41) is 24.1. The van der Waals surface area contributed by atoms with Crippen molar-refractivity contribution in [2.45, 2.75) is 44.2 Å². The van der Waals surface area contributed by atoms with Gasteiger partial charge in [-0.05, 0) is 63.2 Å². The monoisotopic (exact) mass is 554 g/mol. The first-order chi connectivity index (χ1) is 20.0. The number of benzene rings is 2. The summed E-state index contributed by atoms with van der Waals surface area (Å²) in [5.74, 6) is -0.128. The number of aliphatic hydroxyl groups is 1. The number of piperidine rings is 1. The molecule has 5 heterocycles. The molecule has 9 heteroatoms. The quantitative estimate of drug-likeness (QED) is 0.317. The molecule has 3 aromatic heterocycles. The summed E-state index contributed by atoms with van der Waals surface area (Å²) in [6.45, 7) is 4.58. The molecule has 2 aliphatic rings. The molecule has 8 nitrogen and oxygen atoms in total. The van der Waals surface area contributed by atoms with E-state index in [0.717, 1.165) is 51.8 Å². The van der Waals surface area contributed by atoms with Crippen LogP contribution in [0, 0.1) is 18.7 Å². The average Bonchev–Trinajstić information content (AvgIpc) is 3.51. The van der Waals surface area contributed by atoms with Crippen LogP contribution >= 0.6 is 0 Å². The van der Waals surface area contributed by atoms with Gasteiger partial charge in [0.1, 0.15) is 0 Å². The van der Waals surface area contributed by atoms with E-state index in [9.17, 15) is 5.11 Å². The highest BCUT2D eigenvalue weighted by Crippen LogP contribution is 2.44. The summed E-state index contributed by atoms with van der Waals surface area (Å²) in [6.07, 6.45) is 4.50. The molecule has 0 aliphatic carbocycles. The molecule has 2 saturated heterocycles. The summed E-state index contributed by atoms with van der Waals surface area (Å²) >= 11 is 0. The summed E-state index contributed by atoms with van der Waals surface area (Å²) in [7, 11) is 1.87. The molecule has 2 N–H and O–H groups in total. The van der Waals surface area contributed by atoms with Gasteiger partial charge >= 0.3 is 0 Å². The lowest BCUT2D eigenvalue weighted by molar-refractivity contribution is 0.00294. The molecule has 212 valence electrons. The Bertz CT molecular complexity index is 1700. The Morgan fingerprint density at radius 2 is 1.85 bits per heavy atom. The Morgan fingerprint density at radius 1 is 1.10 bits per heavy atom. The van der Waals surface area contributed by atoms with E-state index in [2.05, 4.69) is 38.4 Å². The number of fused-ring (bicyclic) bond motifs is 3. The molecule has 2 fully saturated rings. The van der Waals surface area contributed by atoms with Crippen molar-refractivity contribution in [2.24, 2.45) is 13.0 Å². The maximum Gasteiger partial charge on any atom is 0.153 e. The van der Waals surface area contributed by atoms with Gasteiger partial charge in [-0.3, -0.25) is 4.98 Å². The highest BCUT2D eigenvalue weighted by Gasteiger charge is 2.37. The summed E-state index contributed by atoms with van der Waals surface area (Å²) in [4.78, 5) is 4.94. The van der Waals surface area contributed by atoms with Crippen molar-refractivity contribution in [3.63, 3.8) is 0 Å². The number of aryl methyl sites for hydroxylation is 2. The van der Waals surface area contributed by atoms with Gasteiger partial charge in [0.15, 0.2) is 5.82 Å². The molecular formula is C32H35FN6O2. The SMILES string of the molecule is Cc1nnn(C)c1-c1cnc2c3ccc(C4(O)CCNCC4)c(F)c3n([C@H](c3ccccc3)C3CCOCC3)c2c1. The van der Waals surface area contributed by atoms with Crippen LogP contribution in [0.15, 0.2) is 54.7 Å². The van der Waals surface area contributed by atoms with E-state index in [-0.39, 0.29) is 17.8 Å². The van der Waals surface area contributed by atoms with Gasteiger partial charge in [-0.2, -0.15) is 0 Å². The van der Waals surface area contributed by atoms with Crippen LogP contribution in [0.25, 0.3) is 33.2 Å². The highest BCUT2D eigenvalue weighted by atomic mass is 19.1.